The molecule has 1 unspecified atom stereocenters. The predicted molar refractivity (Wildman–Crippen MR) is 78.1 cm³/mol. The summed E-state index contributed by atoms with van der Waals surface area (Å²) in [7, 11) is 0. The van der Waals surface area contributed by atoms with Gasteiger partial charge in [0.05, 0.1) is 6.04 Å². The standard InChI is InChI=1S/C16H19NS/c1-2-17-15(14-9-6-12-18-14)16(10-11-16)13-7-4-3-5-8-13/h3-9,12,15,17H,2,10-11H2,1H3. The van der Waals surface area contributed by atoms with Gasteiger partial charge in [0, 0.05) is 10.3 Å². The van der Waals surface area contributed by atoms with Crippen LogP contribution < -0.4 is 5.32 Å². The first-order chi connectivity index (χ1) is 8.87. The van der Waals surface area contributed by atoms with Crippen LogP contribution in [0.4, 0.5) is 0 Å². The average Bonchev–Trinajstić information content (AvgIpc) is 3.04. The second kappa shape index (κ2) is 4.87. The van der Waals surface area contributed by atoms with E-state index in [1.807, 2.05) is 11.3 Å². The largest absolute Gasteiger partial charge is 0.309 e. The topological polar surface area (TPSA) is 12.0 Å². The summed E-state index contributed by atoms with van der Waals surface area (Å²) in [5.74, 6) is 0. The van der Waals surface area contributed by atoms with Crippen molar-refractivity contribution in [3.63, 3.8) is 0 Å². The van der Waals surface area contributed by atoms with Crippen molar-refractivity contribution >= 4 is 11.3 Å². The van der Waals surface area contributed by atoms with E-state index in [4.69, 9.17) is 0 Å². The van der Waals surface area contributed by atoms with Crippen LogP contribution in [0.5, 0.6) is 0 Å². The Morgan fingerprint density at radius 2 is 1.94 bits per heavy atom. The number of likely N-dealkylation sites (N-methyl/N-ethyl adjacent to an activating group) is 1. The number of hydrogen-bond donors (Lipinski definition) is 1. The number of rotatable bonds is 5. The highest BCUT2D eigenvalue weighted by Crippen LogP contribution is 2.57. The molecule has 2 aromatic rings. The molecule has 2 heteroatoms. The minimum atomic E-state index is 0.335. The van der Waals surface area contributed by atoms with Crippen molar-refractivity contribution in [2.45, 2.75) is 31.2 Å². The molecule has 0 spiro atoms. The number of thiophene rings is 1. The molecular formula is C16H19NS. The first kappa shape index (κ1) is 11.9. The zero-order valence-electron chi connectivity index (χ0n) is 10.7. The van der Waals surface area contributed by atoms with E-state index in [0.29, 0.717) is 11.5 Å². The minimum absolute atomic E-state index is 0.335. The smallest absolute Gasteiger partial charge is 0.0512 e. The van der Waals surface area contributed by atoms with Crippen molar-refractivity contribution in [3.05, 3.63) is 58.3 Å². The van der Waals surface area contributed by atoms with Gasteiger partial charge in [-0.05, 0) is 36.4 Å². The number of benzene rings is 1. The molecule has 1 nitrogen and oxygen atoms in total. The highest BCUT2D eigenvalue weighted by Gasteiger charge is 2.51. The quantitative estimate of drug-likeness (QED) is 0.849. The summed E-state index contributed by atoms with van der Waals surface area (Å²) < 4.78 is 0. The van der Waals surface area contributed by atoms with Gasteiger partial charge in [-0.3, -0.25) is 0 Å². The summed E-state index contributed by atoms with van der Waals surface area (Å²) in [6, 6.07) is 15.9. The van der Waals surface area contributed by atoms with E-state index >= 15 is 0 Å². The maximum Gasteiger partial charge on any atom is 0.0512 e. The minimum Gasteiger partial charge on any atom is -0.309 e. The Hall–Kier alpha value is -1.12. The van der Waals surface area contributed by atoms with E-state index in [-0.39, 0.29) is 0 Å². The lowest BCUT2D eigenvalue weighted by Gasteiger charge is -2.27. The van der Waals surface area contributed by atoms with E-state index in [2.05, 4.69) is 60.1 Å². The van der Waals surface area contributed by atoms with Gasteiger partial charge in [0.25, 0.3) is 0 Å². The maximum absolute atomic E-state index is 3.70. The van der Waals surface area contributed by atoms with Gasteiger partial charge in [-0.2, -0.15) is 0 Å². The lowest BCUT2D eigenvalue weighted by Crippen LogP contribution is -2.31. The Bertz CT molecular complexity index is 485. The van der Waals surface area contributed by atoms with E-state index < -0.39 is 0 Å². The van der Waals surface area contributed by atoms with Crippen LogP contribution in [-0.4, -0.2) is 6.54 Å². The molecule has 1 saturated carbocycles. The van der Waals surface area contributed by atoms with Gasteiger partial charge < -0.3 is 5.32 Å². The average molecular weight is 257 g/mol. The molecular weight excluding hydrogens is 238 g/mol. The fraction of sp³-hybridized carbons (Fsp3) is 0.375. The maximum atomic E-state index is 3.70. The van der Waals surface area contributed by atoms with Crippen molar-refractivity contribution in [3.8, 4) is 0 Å². The summed E-state index contributed by atoms with van der Waals surface area (Å²) in [6.45, 7) is 3.22. The van der Waals surface area contributed by atoms with Crippen LogP contribution in [0.2, 0.25) is 0 Å². The molecule has 0 radical (unpaired) electrons. The van der Waals surface area contributed by atoms with Gasteiger partial charge in [0.2, 0.25) is 0 Å². The van der Waals surface area contributed by atoms with E-state index in [9.17, 15) is 0 Å². The van der Waals surface area contributed by atoms with Crippen molar-refractivity contribution in [1.29, 1.82) is 0 Å². The molecule has 1 atom stereocenters. The molecule has 1 aromatic carbocycles. The molecule has 1 N–H and O–H groups in total. The first-order valence-corrected chi connectivity index (χ1v) is 7.57. The number of hydrogen-bond acceptors (Lipinski definition) is 2. The molecule has 0 amide bonds. The third kappa shape index (κ3) is 2.00. The van der Waals surface area contributed by atoms with E-state index in [1.54, 1.807) is 0 Å². The van der Waals surface area contributed by atoms with Crippen LogP contribution in [0.1, 0.15) is 36.2 Å². The SMILES string of the molecule is CCNC(c1cccs1)C1(c2ccccc2)CC1. The molecule has 18 heavy (non-hydrogen) atoms. The van der Waals surface area contributed by atoms with Crippen LogP contribution in [0.15, 0.2) is 47.8 Å². The van der Waals surface area contributed by atoms with Crippen molar-refractivity contribution in [1.82, 2.24) is 5.32 Å². The van der Waals surface area contributed by atoms with Gasteiger partial charge in [-0.15, -0.1) is 11.3 Å². The molecule has 0 aliphatic heterocycles. The third-order valence-corrected chi connectivity index (χ3v) is 4.86. The van der Waals surface area contributed by atoms with Crippen molar-refractivity contribution < 1.29 is 0 Å². The summed E-state index contributed by atoms with van der Waals surface area (Å²) in [6.07, 6.45) is 2.60. The predicted octanol–water partition coefficient (Wildman–Crippen LogP) is 4.13. The molecule has 1 heterocycles. The van der Waals surface area contributed by atoms with Crippen molar-refractivity contribution in [2.75, 3.05) is 6.54 Å². The van der Waals surface area contributed by atoms with Gasteiger partial charge in [-0.25, -0.2) is 0 Å². The van der Waals surface area contributed by atoms with Crippen LogP contribution in [-0.2, 0) is 5.41 Å². The fourth-order valence-corrected chi connectivity index (χ4v) is 3.79. The lowest BCUT2D eigenvalue weighted by molar-refractivity contribution is 0.446. The van der Waals surface area contributed by atoms with Crippen LogP contribution in [0.25, 0.3) is 0 Å². The normalized spacial score (nSPS) is 18.5. The summed E-state index contributed by atoms with van der Waals surface area (Å²) in [4.78, 5) is 1.47. The molecule has 0 saturated heterocycles. The van der Waals surface area contributed by atoms with Gasteiger partial charge in [0.1, 0.15) is 0 Å². The van der Waals surface area contributed by atoms with E-state index in [0.717, 1.165) is 6.54 Å². The molecule has 94 valence electrons. The second-order valence-electron chi connectivity index (χ2n) is 5.03. The summed E-state index contributed by atoms with van der Waals surface area (Å²) in [5.41, 5.74) is 1.83. The summed E-state index contributed by atoms with van der Waals surface area (Å²) in [5, 5.41) is 5.88. The third-order valence-electron chi connectivity index (χ3n) is 3.93. The monoisotopic (exact) mass is 257 g/mol. The fourth-order valence-electron chi connectivity index (χ4n) is 2.88. The highest BCUT2D eigenvalue weighted by atomic mass is 32.1. The van der Waals surface area contributed by atoms with Crippen LogP contribution in [0, 0.1) is 0 Å². The van der Waals surface area contributed by atoms with Crippen LogP contribution >= 0.6 is 11.3 Å². The molecule has 1 aliphatic carbocycles. The Balaban J connectivity index is 1.96. The number of nitrogens with one attached hydrogen (secondary N) is 1. The molecule has 1 aliphatic rings. The second-order valence-corrected chi connectivity index (χ2v) is 6.01. The van der Waals surface area contributed by atoms with Crippen molar-refractivity contribution in [2.24, 2.45) is 0 Å². The molecule has 1 aromatic heterocycles. The molecule has 3 rings (SSSR count). The zero-order chi connectivity index (χ0) is 12.4. The Labute approximate surface area is 113 Å². The Morgan fingerprint density at radius 1 is 1.17 bits per heavy atom. The summed E-state index contributed by atoms with van der Waals surface area (Å²) >= 11 is 1.87. The van der Waals surface area contributed by atoms with Gasteiger partial charge in [0.15, 0.2) is 0 Å². The first-order valence-electron chi connectivity index (χ1n) is 6.69. The van der Waals surface area contributed by atoms with Crippen LogP contribution in [0.3, 0.4) is 0 Å². The highest BCUT2D eigenvalue weighted by molar-refractivity contribution is 7.10. The Morgan fingerprint density at radius 3 is 2.50 bits per heavy atom. The lowest BCUT2D eigenvalue weighted by atomic mass is 9.87. The van der Waals surface area contributed by atoms with Gasteiger partial charge >= 0.3 is 0 Å². The van der Waals surface area contributed by atoms with Gasteiger partial charge in [-0.1, -0.05) is 43.3 Å². The van der Waals surface area contributed by atoms with E-state index in [1.165, 1.54) is 23.3 Å². The molecule has 1 fully saturated rings. The molecule has 0 bridgehead atoms. The zero-order valence-corrected chi connectivity index (χ0v) is 11.5. The Kier molecular flexibility index (Phi) is 3.23.